The molecule has 1 aliphatic rings. The molecule has 4 rings (SSSR count). The second-order valence-electron chi connectivity index (χ2n) is 7.14. The fraction of sp³-hybridized carbons (Fsp3) is 0.333. The Morgan fingerprint density at radius 3 is 2.83 bits per heavy atom. The van der Waals surface area contributed by atoms with Crippen molar-refractivity contribution in [2.24, 2.45) is 0 Å². The van der Waals surface area contributed by atoms with Gasteiger partial charge < -0.3 is 19.2 Å². The number of nitrogens with one attached hydrogen (secondary N) is 1. The fourth-order valence-electron chi connectivity index (χ4n) is 3.63. The first-order valence-electron chi connectivity index (χ1n) is 9.46. The van der Waals surface area contributed by atoms with E-state index < -0.39 is 34.5 Å². The quantitative estimate of drug-likeness (QED) is 0.520. The van der Waals surface area contributed by atoms with E-state index in [2.05, 4.69) is 15.0 Å². The first-order chi connectivity index (χ1) is 14.4. The molecule has 1 aliphatic heterocycles. The largest absolute Gasteiger partial charge is 0.465 e. The van der Waals surface area contributed by atoms with Crippen molar-refractivity contribution in [3.05, 3.63) is 58.7 Å². The normalized spacial score (nSPS) is 16.8. The van der Waals surface area contributed by atoms with Crippen LogP contribution in [0.2, 0.25) is 0 Å². The summed E-state index contributed by atoms with van der Waals surface area (Å²) in [7, 11) is 1.01. The molecule has 0 saturated carbocycles. The second-order valence-corrected chi connectivity index (χ2v) is 7.14. The second kappa shape index (κ2) is 8.08. The van der Waals surface area contributed by atoms with E-state index in [0.29, 0.717) is 37.0 Å². The summed E-state index contributed by atoms with van der Waals surface area (Å²) in [6.07, 6.45) is 1.83. The Kier molecular flexibility index (Phi) is 5.48. The topological polar surface area (TPSA) is 64.9 Å². The number of rotatable bonds is 4. The van der Waals surface area contributed by atoms with E-state index in [1.165, 1.54) is 0 Å². The highest BCUT2D eigenvalue weighted by atomic mass is 19.2. The number of aryl methyl sites for hydroxylation is 1. The number of esters is 1. The first kappa shape index (κ1) is 20.4. The molecule has 1 aromatic carbocycles. The maximum Gasteiger partial charge on any atom is 0.341 e. The van der Waals surface area contributed by atoms with Crippen molar-refractivity contribution in [1.82, 2.24) is 14.7 Å². The van der Waals surface area contributed by atoms with Crippen molar-refractivity contribution in [2.75, 3.05) is 26.8 Å². The molecule has 6 nitrogen and oxygen atoms in total. The van der Waals surface area contributed by atoms with Gasteiger partial charge in [-0.15, -0.1) is 0 Å². The molecule has 9 heteroatoms. The number of morpholine rings is 1. The van der Waals surface area contributed by atoms with E-state index in [4.69, 9.17) is 4.74 Å². The Balaban J connectivity index is 1.91. The summed E-state index contributed by atoms with van der Waals surface area (Å²) in [4.78, 5) is 16.0. The van der Waals surface area contributed by atoms with Gasteiger partial charge in [-0.05, 0) is 30.7 Å². The lowest BCUT2D eigenvalue weighted by Crippen LogP contribution is -2.39. The molecule has 1 atom stereocenters. The number of imidazole rings is 1. The van der Waals surface area contributed by atoms with Gasteiger partial charge >= 0.3 is 5.97 Å². The van der Waals surface area contributed by atoms with Gasteiger partial charge in [-0.25, -0.2) is 22.9 Å². The van der Waals surface area contributed by atoms with Crippen LogP contribution in [0.25, 0.3) is 16.9 Å². The molecule has 0 bridgehead atoms. The highest BCUT2D eigenvalue weighted by Gasteiger charge is 2.29. The van der Waals surface area contributed by atoms with Crippen LogP contribution in [0.1, 0.15) is 21.6 Å². The van der Waals surface area contributed by atoms with Gasteiger partial charge in [0.1, 0.15) is 17.0 Å². The number of carbonyl (C=O) groups excluding carboxylic acids is 1. The smallest absolute Gasteiger partial charge is 0.341 e. The third kappa shape index (κ3) is 3.54. The molecule has 1 saturated heterocycles. The van der Waals surface area contributed by atoms with Crippen molar-refractivity contribution >= 4 is 11.6 Å². The Bertz CT molecular complexity index is 1120. The molecule has 3 aromatic rings. The zero-order valence-corrected chi connectivity index (χ0v) is 16.5. The molecule has 2 aromatic heterocycles. The summed E-state index contributed by atoms with van der Waals surface area (Å²) in [5.41, 5.74) is 0.411. The van der Waals surface area contributed by atoms with Crippen LogP contribution in [-0.4, -0.2) is 48.3 Å². The van der Waals surface area contributed by atoms with E-state index in [1.807, 2.05) is 13.0 Å². The molecule has 3 heterocycles. The molecule has 1 N–H and O–H groups in total. The van der Waals surface area contributed by atoms with Crippen LogP contribution in [-0.2, 0) is 15.9 Å². The maximum absolute atomic E-state index is 15.0. The van der Waals surface area contributed by atoms with E-state index in [-0.39, 0.29) is 11.8 Å². The number of fused-ring (bicyclic) bond motifs is 1. The van der Waals surface area contributed by atoms with Crippen molar-refractivity contribution in [3.63, 3.8) is 0 Å². The molecule has 0 aliphatic carbocycles. The Hall–Kier alpha value is -2.91. The minimum atomic E-state index is -1.49. The minimum absolute atomic E-state index is 0.0277. The van der Waals surface area contributed by atoms with E-state index >= 15 is 0 Å². The summed E-state index contributed by atoms with van der Waals surface area (Å²) < 4.78 is 56.3. The SMILES string of the molecule is COC(=O)c1cc(F)c(-c2nc3cc(C)ccn3c2C[C@H]2CNCCO2)c(F)c1F. The lowest BCUT2D eigenvalue weighted by molar-refractivity contribution is 0.0286. The number of methoxy groups -OCH3 is 1. The summed E-state index contributed by atoms with van der Waals surface area (Å²) in [5.74, 6) is -5.23. The molecule has 0 spiro atoms. The van der Waals surface area contributed by atoms with Gasteiger partial charge in [0.25, 0.3) is 0 Å². The highest BCUT2D eigenvalue weighted by molar-refractivity contribution is 5.90. The Labute approximate surface area is 170 Å². The van der Waals surface area contributed by atoms with Crippen LogP contribution >= 0.6 is 0 Å². The zero-order valence-electron chi connectivity index (χ0n) is 16.5. The molecule has 0 radical (unpaired) electrons. The lowest BCUT2D eigenvalue weighted by atomic mass is 10.0. The molecular weight excluding hydrogens is 399 g/mol. The third-order valence-corrected chi connectivity index (χ3v) is 5.11. The summed E-state index contributed by atoms with van der Waals surface area (Å²) >= 11 is 0. The minimum Gasteiger partial charge on any atom is -0.465 e. The number of hydrogen-bond acceptors (Lipinski definition) is 5. The lowest BCUT2D eigenvalue weighted by Gasteiger charge is -2.24. The summed E-state index contributed by atoms with van der Waals surface area (Å²) in [5, 5.41) is 3.21. The maximum atomic E-state index is 15.0. The van der Waals surface area contributed by atoms with Crippen molar-refractivity contribution < 1.29 is 27.4 Å². The van der Waals surface area contributed by atoms with Crippen LogP contribution in [0.3, 0.4) is 0 Å². The molecule has 0 amide bonds. The predicted octanol–water partition coefficient (Wildman–Crippen LogP) is 3.04. The van der Waals surface area contributed by atoms with Crippen molar-refractivity contribution in [1.29, 1.82) is 0 Å². The number of pyridine rings is 1. The van der Waals surface area contributed by atoms with Gasteiger partial charge in [0, 0.05) is 25.7 Å². The van der Waals surface area contributed by atoms with Gasteiger partial charge in [-0.1, -0.05) is 0 Å². The monoisotopic (exact) mass is 419 g/mol. The molecular formula is C21H20F3N3O3. The molecule has 0 unspecified atom stereocenters. The average Bonchev–Trinajstić information content (AvgIpc) is 3.07. The van der Waals surface area contributed by atoms with Crippen LogP contribution < -0.4 is 5.32 Å². The van der Waals surface area contributed by atoms with Gasteiger partial charge in [-0.2, -0.15) is 0 Å². The third-order valence-electron chi connectivity index (χ3n) is 5.11. The van der Waals surface area contributed by atoms with Gasteiger partial charge in [0.15, 0.2) is 11.6 Å². The number of benzene rings is 1. The standard InChI is InChI=1S/C21H20F3N3O3/c1-11-3-5-27-15(8-12-10-25-4-6-30-12)20(26-16(27)7-11)17-14(22)9-13(21(28)29-2)18(23)19(17)24/h3,5,7,9,12,25H,4,6,8,10H2,1-2H3/t12-/m0/s1. The van der Waals surface area contributed by atoms with Gasteiger partial charge in [0.2, 0.25) is 0 Å². The first-order valence-corrected chi connectivity index (χ1v) is 9.46. The van der Waals surface area contributed by atoms with Crippen LogP contribution in [0.5, 0.6) is 0 Å². The van der Waals surface area contributed by atoms with Crippen LogP contribution in [0, 0.1) is 24.4 Å². The summed E-state index contributed by atoms with van der Waals surface area (Å²) in [6.45, 7) is 3.67. The summed E-state index contributed by atoms with van der Waals surface area (Å²) in [6, 6.07) is 4.24. The van der Waals surface area contributed by atoms with Crippen LogP contribution in [0.4, 0.5) is 13.2 Å². The number of nitrogens with zero attached hydrogens (tertiary/aromatic N) is 2. The number of halogens is 3. The number of ether oxygens (including phenoxy) is 2. The number of hydrogen-bond donors (Lipinski definition) is 1. The van der Waals surface area contributed by atoms with Gasteiger partial charge in [-0.3, -0.25) is 0 Å². The zero-order chi connectivity index (χ0) is 21.4. The number of aromatic nitrogens is 2. The average molecular weight is 419 g/mol. The van der Waals surface area contributed by atoms with E-state index in [0.717, 1.165) is 19.2 Å². The Morgan fingerprint density at radius 2 is 2.13 bits per heavy atom. The fourth-order valence-corrected chi connectivity index (χ4v) is 3.63. The van der Waals surface area contributed by atoms with Gasteiger partial charge in [0.05, 0.1) is 36.8 Å². The molecule has 1 fully saturated rings. The van der Waals surface area contributed by atoms with E-state index in [9.17, 15) is 18.0 Å². The van der Waals surface area contributed by atoms with Crippen molar-refractivity contribution in [2.45, 2.75) is 19.4 Å². The number of carbonyl (C=O) groups is 1. The van der Waals surface area contributed by atoms with Crippen molar-refractivity contribution in [3.8, 4) is 11.3 Å². The van der Waals surface area contributed by atoms with E-state index in [1.54, 1.807) is 16.7 Å². The Morgan fingerprint density at radius 1 is 1.33 bits per heavy atom. The molecule has 30 heavy (non-hydrogen) atoms. The van der Waals surface area contributed by atoms with Crippen LogP contribution in [0.15, 0.2) is 24.4 Å². The highest BCUT2D eigenvalue weighted by Crippen LogP contribution is 2.33. The molecule has 158 valence electrons. The predicted molar refractivity (Wildman–Crippen MR) is 103 cm³/mol.